The summed E-state index contributed by atoms with van der Waals surface area (Å²) < 4.78 is 5.87. The maximum Gasteiger partial charge on any atom is 0.334 e. The Morgan fingerprint density at radius 3 is 2.39 bits per heavy atom. The second-order valence-electron chi connectivity index (χ2n) is 11.7. The summed E-state index contributed by atoms with van der Waals surface area (Å²) in [6.07, 6.45) is 4.40. The lowest BCUT2D eigenvalue weighted by Crippen LogP contribution is -2.76. The van der Waals surface area contributed by atoms with Crippen LogP contribution in [0.3, 0.4) is 0 Å². The molecule has 2 saturated heterocycles. The van der Waals surface area contributed by atoms with Gasteiger partial charge in [0.05, 0.1) is 19.7 Å². The second-order valence-corrected chi connectivity index (χ2v) is 11.7. The van der Waals surface area contributed by atoms with E-state index in [0.29, 0.717) is 19.7 Å². The van der Waals surface area contributed by atoms with Crippen molar-refractivity contribution in [1.82, 2.24) is 25.1 Å². The summed E-state index contributed by atoms with van der Waals surface area (Å²) >= 11 is 0. The Kier molecular flexibility index (Phi) is 10.9. The quantitative estimate of drug-likeness (QED) is 0.211. The molecule has 0 saturated carbocycles. The van der Waals surface area contributed by atoms with Crippen LogP contribution in [-0.4, -0.2) is 81.2 Å². The molecule has 242 valence electrons. The molecule has 10 heteroatoms. The number of carbonyl (C=O) groups excluding carboxylic acids is 3. The fourth-order valence-corrected chi connectivity index (χ4v) is 6.01. The van der Waals surface area contributed by atoms with Crippen LogP contribution >= 0.6 is 0 Å². The number of phenolic OH excluding ortho intramolecular Hbond substituents is 1. The van der Waals surface area contributed by atoms with Crippen LogP contribution in [0.2, 0.25) is 0 Å². The number of nitrogens with one attached hydrogen (secondary N) is 1. The van der Waals surface area contributed by atoms with Crippen molar-refractivity contribution >= 4 is 17.8 Å². The highest BCUT2D eigenvalue weighted by molar-refractivity contribution is 5.91. The summed E-state index contributed by atoms with van der Waals surface area (Å²) in [5.41, 5.74) is 2.65. The predicted molar refractivity (Wildman–Crippen MR) is 175 cm³/mol. The van der Waals surface area contributed by atoms with Gasteiger partial charge in [0, 0.05) is 26.1 Å². The zero-order chi connectivity index (χ0) is 32.5. The summed E-state index contributed by atoms with van der Waals surface area (Å²) in [5.74, 6) is 0.464. The topological polar surface area (TPSA) is 106 Å². The van der Waals surface area contributed by atoms with Gasteiger partial charge in [0.1, 0.15) is 23.7 Å². The van der Waals surface area contributed by atoms with Crippen molar-refractivity contribution in [3.05, 3.63) is 108 Å². The number of aromatic hydroxyl groups is 1. The lowest BCUT2D eigenvalue weighted by Gasteiger charge is -2.55. The van der Waals surface area contributed by atoms with E-state index in [1.807, 2.05) is 54.6 Å². The third-order valence-corrected chi connectivity index (χ3v) is 8.34. The summed E-state index contributed by atoms with van der Waals surface area (Å²) in [6, 6.07) is 22.8. The molecule has 46 heavy (non-hydrogen) atoms. The molecule has 0 spiro atoms. The highest BCUT2D eigenvalue weighted by Crippen LogP contribution is 2.30. The van der Waals surface area contributed by atoms with Gasteiger partial charge in [0.15, 0.2) is 0 Å². The molecule has 4 amide bonds. The molecular weight excluding hydrogens is 582 g/mol. The third kappa shape index (κ3) is 7.87. The van der Waals surface area contributed by atoms with Gasteiger partial charge in [-0.25, -0.2) is 14.8 Å². The van der Waals surface area contributed by atoms with E-state index in [2.05, 4.69) is 18.8 Å². The minimum atomic E-state index is -0.840. The van der Waals surface area contributed by atoms with E-state index < -0.39 is 12.2 Å². The molecule has 2 aliphatic rings. The summed E-state index contributed by atoms with van der Waals surface area (Å²) in [6.45, 7) is 7.63. The number of phenols is 1. The van der Waals surface area contributed by atoms with E-state index in [4.69, 9.17) is 4.74 Å². The number of nitrogens with zero attached hydrogens (tertiary/aromatic N) is 4. The summed E-state index contributed by atoms with van der Waals surface area (Å²) in [7, 11) is 0. The zero-order valence-corrected chi connectivity index (χ0v) is 26.4. The Hall–Kier alpha value is -4.83. The molecule has 2 heterocycles. The molecule has 0 aliphatic carbocycles. The van der Waals surface area contributed by atoms with Crippen molar-refractivity contribution < 1.29 is 24.2 Å². The Morgan fingerprint density at radius 2 is 1.70 bits per heavy atom. The van der Waals surface area contributed by atoms with Crippen LogP contribution in [-0.2, 0) is 29.1 Å². The zero-order valence-electron chi connectivity index (χ0n) is 26.4. The number of hydrazine groups is 1. The monoisotopic (exact) mass is 625 g/mol. The van der Waals surface area contributed by atoms with Crippen molar-refractivity contribution in [2.45, 2.75) is 57.9 Å². The molecule has 3 aromatic carbocycles. The first-order valence-electron chi connectivity index (χ1n) is 15.9. The third-order valence-electron chi connectivity index (χ3n) is 8.34. The van der Waals surface area contributed by atoms with Crippen molar-refractivity contribution in [1.29, 1.82) is 0 Å². The number of amides is 4. The smallest absolute Gasteiger partial charge is 0.334 e. The van der Waals surface area contributed by atoms with Crippen LogP contribution < -0.4 is 10.1 Å². The number of hydrogen-bond donors (Lipinski definition) is 2. The Labute approximate surface area is 270 Å². The van der Waals surface area contributed by atoms with Crippen LogP contribution in [0.5, 0.6) is 11.5 Å². The highest BCUT2D eigenvalue weighted by Gasteiger charge is 2.51. The van der Waals surface area contributed by atoms with Gasteiger partial charge in [-0.1, -0.05) is 80.4 Å². The fraction of sp³-hybridized carbons (Fsp3) is 0.361. The molecule has 2 aliphatic heterocycles. The molecule has 2 atom stereocenters. The normalized spacial score (nSPS) is 18.3. The molecule has 10 nitrogen and oxygen atoms in total. The molecule has 3 aromatic rings. The largest absolute Gasteiger partial charge is 0.508 e. The van der Waals surface area contributed by atoms with E-state index in [0.717, 1.165) is 41.7 Å². The van der Waals surface area contributed by atoms with Crippen molar-refractivity contribution in [3.63, 3.8) is 0 Å². The Balaban J connectivity index is 1.42. The van der Waals surface area contributed by atoms with E-state index in [1.165, 1.54) is 0 Å². The van der Waals surface area contributed by atoms with Gasteiger partial charge in [-0.3, -0.25) is 9.59 Å². The average molecular weight is 626 g/mol. The van der Waals surface area contributed by atoms with Gasteiger partial charge < -0.3 is 25.0 Å². The lowest BCUT2D eigenvalue weighted by atomic mass is 9.98. The molecule has 0 bridgehead atoms. The van der Waals surface area contributed by atoms with E-state index >= 15 is 0 Å². The second kappa shape index (κ2) is 15.4. The molecule has 2 fully saturated rings. The standard InChI is InChI=1S/C36H43N5O5/c1-3-5-9-21-46-31-18-14-29(15-19-31)24-38-25-33-40(32(35(38)44)22-27-12-16-30(42)17-13-27)34(43)26-39(20-4-2)41(33)36(45)37-23-28-10-7-6-8-11-28/h4,6-8,10-19,32-33,42H,2-3,5,9,20-26H2,1H3,(H,37,45)/t32-,33-/m0/s1. The number of carbonyl (C=O) groups is 3. The minimum Gasteiger partial charge on any atom is -0.508 e. The van der Waals surface area contributed by atoms with Crippen LogP contribution in [0.1, 0.15) is 42.9 Å². The Morgan fingerprint density at radius 1 is 0.978 bits per heavy atom. The first-order valence-corrected chi connectivity index (χ1v) is 15.9. The first kappa shape index (κ1) is 32.6. The van der Waals surface area contributed by atoms with Crippen LogP contribution in [0.25, 0.3) is 0 Å². The molecule has 0 radical (unpaired) electrons. The van der Waals surface area contributed by atoms with Gasteiger partial charge in [-0.2, -0.15) is 0 Å². The van der Waals surface area contributed by atoms with E-state index in [9.17, 15) is 19.5 Å². The average Bonchev–Trinajstić information content (AvgIpc) is 3.06. The number of ether oxygens (including phenoxy) is 1. The molecule has 2 N–H and O–H groups in total. The van der Waals surface area contributed by atoms with Crippen molar-refractivity contribution in [2.24, 2.45) is 0 Å². The van der Waals surface area contributed by atoms with E-state index in [1.54, 1.807) is 50.2 Å². The minimum absolute atomic E-state index is 0.0691. The summed E-state index contributed by atoms with van der Waals surface area (Å²) in [4.78, 5) is 45.1. The van der Waals surface area contributed by atoms with Gasteiger partial charge in [-0.05, 0) is 47.4 Å². The van der Waals surface area contributed by atoms with Crippen LogP contribution in [0.15, 0.2) is 91.5 Å². The number of unbranched alkanes of at least 4 members (excludes halogenated alkanes) is 2. The molecule has 0 unspecified atom stereocenters. The van der Waals surface area contributed by atoms with E-state index in [-0.39, 0.29) is 49.7 Å². The molecule has 5 rings (SSSR count). The van der Waals surface area contributed by atoms with Crippen LogP contribution in [0.4, 0.5) is 4.79 Å². The molecule has 0 aromatic heterocycles. The number of rotatable bonds is 13. The lowest BCUT2D eigenvalue weighted by molar-refractivity contribution is -0.189. The number of benzene rings is 3. The molecular formula is C36H43N5O5. The SMILES string of the molecule is C=CCN1CC(=O)N2[C@@H](Cc3ccc(O)cc3)C(=O)N(Cc3ccc(OCCCCC)cc3)C[C@@H]2N1C(=O)NCc1ccccc1. The Bertz CT molecular complexity index is 1480. The predicted octanol–water partition coefficient (Wildman–Crippen LogP) is 4.70. The van der Waals surface area contributed by atoms with Gasteiger partial charge in [0.25, 0.3) is 0 Å². The van der Waals surface area contributed by atoms with Gasteiger partial charge in [-0.15, -0.1) is 6.58 Å². The van der Waals surface area contributed by atoms with Gasteiger partial charge >= 0.3 is 6.03 Å². The number of piperazine rings is 1. The maximum atomic E-state index is 14.2. The van der Waals surface area contributed by atoms with Crippen molar-refractivity contribution in [2.75, 3.05) is 26.2 Å². The highest BCUT2D eigenvalue weighted by atomic mass is 16.5. The maximum absolute atomic E-state index is 14.2. The van der Waals surface area contributed by atoms with Gasteiger partial charge in [0.2, 0.25) is 11.8 Å². The number of fused-ring (bicyclic) bond motifs is 1. The number of urea groups is 1. The first-order chi connectivity index (χ1) is 22.4. The number of hydrogen-bond acceptors (Lipinski definition) is 6. The fourth-order valence-electron chi connectivity index (χ4n) is 6.01. The van der Waals surface area contributed by atoms with Crippen LogP contribution in [0, 0.1) is 0 Å². The van der Waals surface area contributed by atoms with Crippen molar-refractivity contribution in [3.8, 4) is 11.5 Å². The summed E-state index contributed by atoms with van der Waals surface area (Å²) in [5, 5.41) is 16.1.